The first-order chi connectivity index (χ1) is 12.3. The van der Waals surface area contributed by atoms with Gasteiger partial charge in [0.15, 0.2) is 6.73 Å². The molecule has 0 aliphatic heterocycles. The molecule has 1 aromatic heterocycles. The van der Waals surface area contributed by atoms with Crippen molar-refractivity contribution < 1.29 is 4.74 Å². The van der Waals surface area contributed by atoms with Gasteiger partial charge in [-0.3, -0.25) is 0 Å². The highest BCUT2D eigenvalue weighted by molar-refractivity contribution is 6.07. The van der Waals surface area contributed by atoms with Crippen molar-refractivity contribution in [2.45, 2.75) is 32.9 Å². The standard InChI is InChI=1S/C23H23NO/c1-3-17(2)18-12-14-19(15-13-18)25-16-24-22-10-6-4-8-20(22)21-9-5-7-11-23(21)24/h4-15,17H,3,16H2,1-2H3. The van der Waals surface area contributed by atoms with E-state index >= 15 is 0 Å². The van der Waals surface area contributed by atoms with Crippen LogP contribution in [0.15, 0.2) is 72.8 Å². The van der Waals surface area contributed by atoms with Crippen LogP contribution in [0, 0.1) is 0 Å². The Morgan fingerprint density at radius 1 is 0.800 bits per heavy atom. The Morgan fingerprint density at radius 2 is 1.36 bits per heavy atom. The normalized spacial score (nSPS) is 12.6. The van der Waals surface area contributed by atoms with Crippen LogP contribution >= 0.6 is 0 Å². The highest BCUT2D eigenvalue weighted by atomic mass is 16.5. The summed E-state index contributed by atoms with van der Waals surface area (Å²) in [7, 11) is 0. The van der Waals surface area contributed by atoms with E-state index in [0.717, 1.165) is 12.2 Å². The second-order valence-electron chi connectivity index (χ2n) is 6.61. The third-order valence-corrected chi connectivity index (χ3v) is 5.10. The highest BCUT2D eigenvalue weighted by Crippen LogP contribution is 2.29. The van der Waals surface area contributed by atoms with Crippen molar-refractivity contribution in [3.05, 3.63) is 78.4 Å². The number of nitrogens with zero attached hydrogens (tertiary/aromatic N) is 1. The van der Waals surface area contributed by atoms with Crippen molar-refractivity contribution in [2.75, 3.05) is 0 Å². The molecule has 0 bridgehead atoms. The lowest BCUT2D eigenvalue weighted by Crippen LogP contribution is -2.04. The van der Waals surface area contributed by atoms with Gasteiger partial charge < -0.3 is 9.30 Å². The number of hydrogen-bond donors (Lipinski definition) is 0. The third kappa shape index (κ3) is 2.89. The highest BCUT2D eigenvalue weighted by Gasteiger charge is 2.10. The predicted molar refractivity (Wildman–Crippen MR) is 105 cm³/mol. The molecule has 0 N–H and O–H groups in total. The Kier molecular flexibility index (Phi) is 4.19. The number of para-hydroxylation sites is 2. The van der Waals surface area contributed by atoms with Crippen molar-refractivity contribution in [3.63, 3.8) is 0 Å². The van der Waals surface area contributed by atoms with Crippen molar-refractivity contribution in [1.29, 1.82) is 0 Å². The molecule has 3 aromatic carbocycles. The zero-order valence-electron chi connectivity index (χ0n) is 14.8. The summed E-state index contributed by atoms with van der Waals surface area (Å²) >= 11 is 0. The van der Waals surface area contributed by atoms with Crippen molar-refractivity contribution >= 4 is 21.8 Å². The van der Waals surface area contributed by atoms with Crippen LogP contribution in [0.4, 0.5) is 0 Å². The van der Waals surface area contributed by atoms with Crippen LogP contribution < -0.4 is 4.74 Å². The molecular formula is C23H23NO. The molecule has 126 valence electrons. The molecular weight excluding hydrogens is 306 g/mol. The van der Waals surface area contributed by atoms with Crippen molar-refractivity contribution in [1.82, 2.24) is 4.57 Å². The molecule has 2 heteroatoms. The number of hydrogen-bond acceptors (Lipinski definition) is 1. The number of benzene rings is 3. The van der Waals surface area contributed by atoms with E-state index in [1.54, 1.807) is 0 Å². The Labute approximate surface area is 148 Å². The number of aromatic nitrogens is 1. The second kappa shape index (κ2) is 6.64. The van der Waals surface area contributed by atoms with Gasteiger partial charge in [-0.2, -0.15) is 0 Å². The predicted octanol–water partition coefficient (Wildman–Crippen LogP) is 6.34. The molecule has 1 atom stereocenters. The first kappa shape index (κ1) is 15.8. The van der Waals surface area contributed by atoms with Gasteiger partial charge in [0.2, 0.25) is 0 Å². The maximum Gasteiger partial charge on any atom is 0.165 e. The molecule has 0 fully saturated rings. The van der Waals surface area contributed by atoms with Gasteiger partial charge in [0.25, 0.3) is 0 Å². The quantitative estimate of drug-likeness (QED) is 0.416. The van der Waals surface area contributed by atoms with Crippen LogP contribution in [-0.4, -0.2) is 4.57 Å². The second-order valence-corrected chi connectivity index (χ2v) is 6.61. The fraction of sp³-hybridized carbons (Fsp3) is 0.217. The SMILES string of the molecule is CCC(C)c1ccc(OCn2c3ccccc3c3ccccc32)cc1. The molecule has 0 radical (unpaired) electrons. The van der Waals surface area contributed by atoms with Crippen LogP contribution in [0.1, 0.15) is 31.7 Å². The molecule has 25 heavy (non-hydrogen) atoms. The van der Waals surface area contributed by atoms with E-state index in [9.17, 15) is 0 Å². The van der Waals surface area contributed by atoms with Gasteiger partial charge in [-0.25, -0.2) is 0 Å². The first-order valence-corrected chi connectivity index (χ1v) is 8.96. The summed E-state index contributed by atoms with van der Waals surface area (Å²) in [6, 6.07) is 25.5. The lowest BCUT2D eigenvalue weighted by atomic mass is 9.99. The first-order valence-electron chi connectivity index (χ1n) is 8.96. The van der Waals surface area contributed by atoms with Gasteiger partial charge in [-0.1, -0.05) is 62.4 Å². The lowest BCUT2D eigenvalue weighted by molar-refractivity contribution is 0.246. The van der Waals surface area contributed by atoms with Crippen LogP contribution in [0.2, 0.25) is 0 Å². The summed E-state index contributed by atoms with van der Waals surface area (Å²) in [5, 5.41) is 2.54. The van der Waals surface area contributed by atoms with E-state index in [0.29, 0.717) is 12.6 Å². The van der Waals surface area contributed by atoms with E-state index in [-0.39, 0.29) is 0 Å². The number of fused-ring (bicyclic) bond motifs is 3. The van der Waals surface area contributed by atoms with Crippen LogP contribution in [0.25, 0.3) is 21.8 Å². The van der Waals surface area contributed by atoms with Gasteiger partial charge in [0.1, 0.15) is 5.75 Å². The van der Waals surface area contributed by atoms with Gasteiger partial charge in [-0.05, 0) is 42.2 Å². The van der Waals surface area contributed by atoms with E-state index in [1.807, 2.05) is 0 Å². The third-order valence-electron chi connectivity index (χ3n) is 5.10. The Balaban J connectivity index is 1.64. The fourth-order valence-corrected chi connectivity index (χ4v) is 3.41. The Morgan fingerprint density at radius 3 is 1.92 bits per heavy atom. The molecule has 0 amide bonds. The summed E-state index contributed by atoms with van der Waals surface area (Å²) in [4.78, 5) is 0. The number of ether oxygens (including phenoxy) is 1. The van der Waals surface area contributed by atoms with Crippen molar-refractivity contribution in [2.24, 2.45) is 0 Å². The molecule has 0 spiro atoms. The zero-order chi connectivity index (χ0) is 17.2. The minimum atomic E-state index is 0.511. The molecule has 1 unspecified atom stereocenters. The molecule has 0 aliphatic rings. The maximum absolute atomic E-state index is 6.10. The number of rotatable bonds is 5. The zero-order valence-corrected chi connectivity index (χ0v) is 14.8. The Bertz CT molecular complexity index is 944. The minimum Gasteiger partial charge on any atom is -0.473 e. The summed E-state index contributed by atoms with van der Waals surface area (Å²) in [5.41, 5.74) is 3.78. The van der Waals surface area contributed by atoms with Gasteiger partial charge in [0.05, 0.1) is 11.0 Å². The molecule has 1 heterocycles. The van der Waals surface area contributed by atoms with Crippen molar-refractivity contribution in [3.8, 4) is 5.75 Å². The lowest BCUT2D eigenvalue weighted by Gasteiger charge is -2.12. The van der Waals surface area contributed by atoms with Crippen LogP contribution in [-0.2, 0) is 6.73 Å². The monoisotopic (exact) mass is 329 g/mol. The summed E-state index contributed by atoms with van der Waals surface area (Å²) in [6.45, 7) is 4.99. The molecule has 0 saturated carbocycles. The minimum absolute atomic E-state index is 0.511. The average molecular weight is 329 g/mol. The topological polar surface area (TPSA) is 14.2 Å². The molecule has 4 rings (SSSR count). The summed E-state index contributed by atoms with van der Waals surface area (Å²) < 4.78 is 8.34. The van der Waals surface area contributed by atoms with E-state index in [4.69, 9.17) is 4.74 Å². The van der Waals surface area contributed by atoms with Gasteiger partial charge in [0, 0.05) is 10.8 Å². The summed E-state index contributed by atoms with van der Waals surface area (Å²) in [5.74, 6) is 1.50. The van der Waals surface area contributed by atoms with Gasteiger partial charge in [-0.15, -0.1) is 0 Å². The molecule has 0 aliphatic carbocycles. The summed E-state index contributed by atoms with van der Waals surface area (Å²) in [6.07, 6.45) is 1.15. The maximum atomic E-state index is 6.10. The molecule has 0 saturated heterocycles. The van der Waals surface area contributed by atoms with E-state index < -0.39 is 0 Å². The molecule has 2 nitrogen and oxygen atoms in total. The smallest absolute Gasteiger partial charge is 0.165 e. The van der Waals surface area contributed by atoms with E-state index in [1.165, 1.54) is 27.4 Å². The molecule has 4 aromatic rings. The van der Waals surface area contributed by atoms with E-state index in [2.05, 4.69) is 91.2 Å². The largest absolute Gasteiger partial charge is 0.473 e. The van der Waals surface area contributed by atoms with Gasteiger partial charge >= 0.3 is 0 Å². The van der Waals surface area contributed by atoms with Crippen LogP contribution in [0.3, 0.4) is 0 Å². The average Bonchev–Trinajstić information content (AvgIpc) is 3.00. The fourth-order valence-electron chi connectivity index (χ4n) is 3.41. The van der Waals surface area contributed by atoms with Crippen LogP contribution in [0.5, 0.6) is 5.75 Å². The Hall–Kier alpha value is -2.74.